The van der Waals surface area contributed by atoms with Crippen LogP contribution in [0.25, 0.3) is 0 Å². The topological polar surface area (TPSA) is 78.5 Å². The number of hydrogen-bond acceptors (Lipinski definition) is 3. The lowest BCUT2D eigenvalue weighted by Gasteiger charge is -2.26. The first-order valence-corrected chi connectivity index (χ1v) is 8.67. The van der Waals surface area contributed by atoms with Crippen molar-refractivity contribution >= 4 is 23.5 Å². The number of imide groups is 1. The van der Waals surface area contributed by atoms with Crippen LogP contribution in [-0.2, 0) is 0 Å². The molecule has 2 aromatic rings. The summed E-state index contributed by atoms with van der Waals surface area (Å²) in [4.78, 5) is 38.0. The first-order valence-electron chi connectivity index (χ1n) is 8.67. The Hall–Kier alpha value is -3.15. The van der Waals surface area contributed by atoms with E-state index < -0.39 is 11.8 Å². The van der Waals surface area contributed by atoms with Crippen LogP contribution in [0.15, 0.2) is 42.5 Å². The normalized spacial score (nSPS) is 18.7. The fraction of sp³-hybridized carbons (Fsp3) is 0.250. The van der Waals surface area contributed by atoms with Gasteiger partial charge in [0.1, 0.15) is 0 Å². The number of hydrogen-bond donors (Lipinski definition) is 2. The predicted molar refractivity (Wildman–Crippen MR) is 97.1 cm³/mol. The van der Waals surface area contributed by atoms with Gasteiger partial charge in [0.05, 0.1) is 17.2 Å². The van der Waals surface area contributed by atoms with Crippen LogP contribution in [0.4, 0.5) is 10.5 Å². The Morgan fingerprint density at radius 1 is 1.12 bits per heavy atom. The quantitative estimate of drug-likeness (QED) is 0.817. The number of urea groups is 1. The molecule has 1 saturated heterocycles. The SMILES string of the molecule is Cc1ccccc1C1CCCN1C(=O)Nc1ccc2c(c1)C(=O)NC2=O. The number of carbonyl (C=O) groups excluding carboxylic acids is 3. The molecule has 2 heterocycles. The van der Waals surface area contributed by atoms with Crippen molar-refractivity contribution in [1.82, 2.24) is 10.2 Å². The highest BCUT2D eigenvalue weighted by Gasteiger charge is 2.31. The van der Waals surface area contributed by atoms with Crippen molar-refractivity contribution < 1.29 is 14.4 Å². The standard InChI is InChI=1S/C20H19N3O3/c1-12-5-2-3-6-14(12)17-7-4-10-23(17)20(26)21-13-8-9-15-16(11-13)19(25)22-18(15)24/h2-3,5-6,8-9,11,17H,4,7,10H2,1H3,(H,21,26)(H,22,24,25). The van der Waals surface area contributed by atoms with Gasteiger partial charge in [-0.15, -0.1) is 0 Å². The molecule has 0 radical (unpaired) electrons. The van der Waals surface area contributed by atoms with Gasteiger partial charge in [-0.1, -0.05) is 24.3 Å². The zero-order chi connectivity index (χ0) is 18.3. The molecule has 4 rings (SSSR count). The van der Waals surface area contributed by atoms with E-state index in [1.54, 1.807) is 18.2 Å². The van der Waals surface area contributed by atoms with Gasteiger partial charge in [0.25, 0.3) is 11.8 Å². The lowest BCUT2D eigenvalue weighted by molar-refractivity contribution is 0.0879. The van der Waals surface area contributed by atoms with E-state index in [1.165, 1.54) is 11.1 Å². The van der Waals surface area contributed by atoms with E-state index in [2.05, 4.69) is 29.7 Å². The van der Waals surface area contributed by atoms with Gasteiger partial charge in [0.15, 0.2) is 0 Å². The van der Waals surface area contributed by atoms with Gasteiger partial charge in [0, 0.05) is 12.2 Å². The van der Waals surface area contributed by atoms with Crippen LogP contribution in [0.1, 0.15) is 50.7 Å². The molecule has 2 aliphatic rings. The molecule has 0 aromatic heterocycles. The van der Waals surface area contributed by atoms with Crippen molar-refractivity contribution in [2.24, 2.45) is 0 Å². The highest BCUT2D eigenvalue weighted by Crippen LogP contribution is 2.34. The fourth-order valence-corrected chi connectivity index (χ4v) is 3.73. The Morgan fingerprint density at radius 3 is 2.69 bits per heavy atom. The van der Waals surface area contributed by atoms with Crippen LogP contribution in [0.3, 0.4) is 0 Å². The third-order valence-electron chi connectivity index (χ3n) is 5.05. The van der Waals surface area contributed by atoms with Gasteiger partial charge in [-0.05, 0) is 49.1 Å². The summed E-state index contributed by atoms with van der Waals surface area (Å²) in [5.74, 6) is -0.831. The molecule has 2 aliphatic heterocycles. The summed E-state index contributed by atoms with van der Waals surface area (Å²) in [6.07, 6.45) is 1.88. The van der Waals surface area contributed by atoms with Crippen LogP contribution in [0, 0.1) is 6.92 Å². The zero-order valence-electron chi connectivity index (χ0n) is 14.4. The Bertz CT molecular complexity index is 922. The summed E-state index contributed by atoms with van der Waals surface area (Å²) < 4.78 is 0. The Morgan fingerprint density at radius 2 is 1.88 bits per heavy atom. The monoisotopic (exact) mass is 349 g/mol. The summed E-state index contributed by atoms with van der Waals surface area (Å²) in [5.41, 5.74) is 3.48. The number of aryl methyl sites for hydroxylation is 1. The van der Waals surface area contributed by atoms with Crippen molar-refractivity contribution in [3.8, 4) is 0 Å². The number of anilines is 1. The largest absolute Gasteiger partial charge is 0.322 e. The number of amides is 4. The Labute approximate surface area is 151 Å². The van der Waals surface area contributed by atoms with Crippen LogP contribution in [-0.4, -0.2) is 29.3 Å². The van der Waals surface area contributed by atoms with E-state index in [0.29, 0.717) is 23.4 Å². The number of likely N-dealkylation sites (tertiary alicyclic amines) is 1. The number of benzene rings is 2. The smallest absolute Gasteiger partial charge is 0.317 e. The number of rotatable bonds is 2. The summed E-state index contributed by atoms with van der Waals surface area (Å²) in [5, 5.41) is 5.12. The first kappa shape index (κ1) is 16.3. The molecule has 26 heavy (non-hydrogen) atoms. The molecule has 1 fully saturated rings. The lowest BCUT2D eigenvalue weighted by atomic mass is 9.99. The minimum Gasteiger partial charge on any atom is -0.317 e. The lowest BCUT2D eigenvalue weighted by Crippen LogP contribution is -2.34. The highest BCUT2D eigenvalue weighted by molar-refractivity contribution is 6.22. The molecular weight excluding hydrogens is 330 g/mol. The zero-order valence-corrected chi connectivity index (χ0v) is 14.4. The highest BCUT2D eigenvalue weighted by atomic mass is 16.2. The molecule has 1 unspecified atom stereocenters. The fourth-order valence-electron chi connectivity index (χ4n) is 3.73. The predicted octanol–water partition coefficient (Wildman–Crippen LogP) is 3.25. The van der Waals surface area contributed by atoms with Crippen molar-refractivity contribution in [3.05, 3.63) is 64.7 Å². The molecule has 6 nitrogen and oxygen atoms in total. The molecule has 2 aromatic carbocycles. The minimum absolute atomic E-state index is 0.0514. The number of fused-ring (bicyclic) bond motifs is 1. The van der Waals surface area contributed by atoms with Crippen LogP contribution in [0.2, 0.25) is 0 Å². The van der Waals surface area contributed by atoms with Crippen molar-refractivity contribution in [3.63, 3.8) is 0 Å². The second-order valence-corrected chi connectivity index (χ2v) is 6.68. The van der Waals surface area contributed by atoms with Crippen molar-refractivity contribution in [2.45, 2.75) is 25.8 Å². The molecular formula is C20H19N3O3. The van der Waals surface area contributed by atoms with E-state index in [-0.39, 0.29) is 12.1 Å². The van der Waals surface area contributed by atoms with Crippen molar-refractivity contribution in [2.75, 3.05) is 11.9 Å². The van der Waals surface area contributed by atoms with E-state index in [9.17, 15) is 14.4 Å². The maximum absolute atomic E-state index is 12.8. The number of nitrogens with zero attached hydrogens (tertiary/aromatic N) is 1. The van der Waals surface area contributed by atoms with Gasteiger partial charge in [-0.25, -0.2) is 4.79 Å². The van der Waals surface area contributed by atoms with Crippen molar-refractivity contribution in [1.29, 1.82) is 0 Å². The molecule has 4 amide bonds. The van der Waals surface area contributed by atoms with Gasteiger partial charge < -0.3 is 10.2 Å². The minimum atomic E-state index is -0.431. The first-order chi connectivity index (χ1) is 12.5. The summed E-state index contributed by atoms with van der Waals surface area (Å²) >= 11 is 0. The van der Waals surface area contributed by atoms with E-state index in [4.69, 9.17) is 0 Å². The molecule has 6 heteroatoms. The Kier molecular flexibility index (Phi) is 3.95. The summed E-state index contributed by atoms with van der Waals surface area (Å²) in [7, 11) is 0. The average molecular weight is 349 g/mol. The maximum atomic E-state index is 12.8. The van der Waals surface area contributed by atoms with Gasteiger partial charge in [-0.2, -0.15) is 0 Å². The maximum Gasteiger partial charge on any atom is 0.322 e. The molecule has 132 valence electrons. The molecule has 0 saturated carbocycles. The molecule has 0 spiro atoms. The van der Waals surface area contributed by atoms with Gasteiger partial charge in [0.2, 0.25) is 0 Å². The van der Waals surface area contributed by atoms with E-state index in [0.717, 1.165) is 12.8 Å². The van der Waals surface area contributed by atoms with Gasteiger partial charge >= 0.3 is 6.03 Å². The van der Waals surface area contributed by atoms with Gasteiger partial charge in [-0.3, -0.25) is 14.9 Å². The van der Waals surface area contributed by atoms with Crippen LogP contribution in [0.5, 0.6) is 0 Å². The summed E-state index contributed by atoms with van der Waals surface area (Å²) in [6.45, 7) is 2.74. The third kappa shape index (κ3) is 2.73. The van der Waals surface area contributed by atoms with E-state index >= 15 is 0 Å². The number of carbonyl (C=O) groups is 3. The third-order valence-corrected chi connectivity index (χ3v) is 5.05. The van der Waals surface area contributed by atoms with Crippen LogP contribution >= 0.6 is 0 Å². The second-order valence-electron chi connectivity index (χ2n) is 6.68. The summed E-state index contributed by atoms with van der Waals surface area (Å²) in [6, 6.07) is 12.7. The molecule has 1 atom stereocenters. The molecule has 2 N–H and O–H groups in total. The second kappa shape index (κ2) is 6.29. The average Bonchev–Trinajstić information content (AvgIpc) is 3.21. The van der Waals surface area contributed by atoms with Crippen LogP contribution < -0.4 is 10.6 Å². The molecule has 0 bridgehead atoms. The molecule has 0 aliphatic carbocycles. The van der Waals surface area contributed by atoms with E-state index in [1.807, 2.05) is 17.0 Å². The number of nitrogens with one attached hydrogen (secondary N) is 2. The Balaban J connectivity index is 1.55.